The fraction of sp³-hybridized carbons (Fsp3) is 0.500. The molecular formula is C16H21N3O2S. The van der Waals surface area contributed by atoms with Crippen LogP contribution < -0.4 is 5.32 Å². The van der Waals surface area contributed by atoms with Crippen molar-refractivity contribution in [1.82, 2.24) is 15.1 Å². The van der Waals surface area contributed by atoms with Gasteiger partial charge in [0.1, 0.15) is 6.04 Å². The molecule has 1 saturated heterocycles. The number of nitrogens with zero attached hydrogens (tertiary/aromatic N) is 2. The second kappa shape index (κ2) is 7.07. The molecule has 6 heteroatoms. The summed E-state index contributed by atoms with van der Waals surface area (Å²) in [6.45, 7) is 3.42. The number of thiophene rings is 1. The van der Waals surface area contributed by atoms with E-state index < -0.39 is 0 Å². The van der Waals surface area contributed by atoms with Crippen molar-refractivity contribution in [3.8, 4) is 0 Å². The van der Waals surface area contributed by atoms with Gasteiger partial charge in [-0.15, -0.1) is 11.3 Å². The predicted molar refractivity (Wildman–Crippen MR) is 85.7 cm³/mol. The number of aromatic nitrogens is 2. The molecule has 1 aliphatic heterocycles. The fourth-order valence-corrected chi connectivity index (χ4v) is 3.71. The van der Waals surface area contributed by atoms with Crippen LogP contribution in [-0.4, -0.2) is 28.9 Å². The number of hydrogen-bond donors (Lipinski definition) is 1. The summed E-state index contributed by atoms with van der Waals surface area (Å²) in [6.07, 6.45) is 5.48. The van der Waals surface area contributed by atoms with Gasteiger partial charge in [0, 0.05) is 30.5 Å². The molecule has 2 aromatic heterocycles. The van der Waals surface area contributed by atoms with Crippen LogP contribution in [-0.2, 0) is 9.53 Å². The number of carbonyl (C=O) groups is 1. The molecule has 0 bridgehead atoms. The fourth-order valence-electron chi connectivity index (χ4n) is 2.84. The molecular weight excluding hydrogens is 298 g/mol. The Hall–Kier alpha value is -1.66. The molecule has 0 saturated carbocycles. The lowest BCUT2D eigenvalue weighted by atomic mass is 9.90. The quantitative estimate of drug-likeness (QED) is 0.922. The minimum absolute atomic E-state index is 0.00796. The molecule has 0 aromatic carbocycles. The lowest BCUT2D eigenvalue weighted by molar-refractivity contribution is -0.125. The van der Waals surface area contributed by atoms with E-state index in [4.69, 9.17) is 4.74 Å². The minimum atomic E-state index is -0.308. The zero-order valence-electron chi connectivity index (χ0n) is 12.6. The van der Waals surface area contributed by atoms with Gasteiger partial charge in [-0.25, -0.2) is 0 Å². The summed E-state index contributed by atoms with van der Waals surface area (Å²) in [5, 5.41) is 9.45. The van der Waals surface area contributed by atoms with E-state index >= 15 is 0 Å². The molecule has 2 atom stereocenters. The van der Waals surface area contributed by atoms with Gasteiger partial charge in [-0.3, -0.25) is 9.48 Å². The SMILES string of the molecule is CC(C(=O)NC(c1cccs1)C1CCOCC1)n1cccn1. The third-order valence-corrected chi connectivity index (χ3v) is 5.14. The Kier molecular flexibility index (Phi) is 4.90. The first-order valence-corrected chi connectivity index (χ1v) is 8.54. The Morgan fingerprint density at radius 3 is 2.91 bits per heavy atom. The highest BCUT2D eigenvalue weighted by Crippen LogP contribution is 2.32. The van der Waals surface area contributed by atoms with Crippen LogP contribution in [0.1, 0.15) is 36.7 Å². The summed E-state index contributed by atoms with van der Waals surface area (Å²) >= 11 is 1.70. The molecule has 2 unspecified atom stereocenters. The molecule has 1 fully saturated rings. The molecule has 118 valence electrons. The normalized spacial score (nSPS) is 18.8. The van der Waals surface area contributed by atoms with Crippen LogP contribution >= 0.6 is 11.3 Å². The van der Waals surface area contributed by atoms with Crippen LogP contribution in [0.15, 0.2) is 36.0 Å². The summed E-state index contributed by atoms with van der Waals surface area (Å²) in [7, 11) is 0. The number of amides is 1. The lowest BCUT2D eigenvalue weighted by Crippen LogP contribution is -2.39. The zero-order chi connectivity index (χ0) is 15.4. The predicted octanol–water partition coefficient (Wildman–Crippen LogP) is 2.79. The van der Waals surface area contributed by atoms with Gasteiger partial charge in [0.25, 0.3) is 0 Å². The van der Waals surface area contributed by atoms with Gasteiger partial charge >= 0.3 is 0 Å². The van der Waals surface area contributed by atoms with E-state index in [9.17, 15) is 4.79 Å². The smallest absolute Gasteiger partial charge is 0.245 e. The molecule has 0 aliphatic carbocycles. The topological polar surface area (TPSA) is 56.1 Å². The van der Waals surface area contributed by atoms with Gasteiger partial charge < -0.3 is 10.1 Å². The Labute approximate surface area is 134 Å². The second-order valence-corrected chi connectivity index (χ2v) is 6.59. The summed E-state index contributed by atoms with van der Waals surface area (Å²) in [5.74, 6) is 0.440. The van der Waals surface area contributed by atoms with Crippen LogP contribution in [0.3, 0.4) is 0 Å². The summed E-state index contributed by atoms with van der Waals surface area (Å²) in [6, 6.07) is 5.73. The van der Waals surface area contributed by atoms with Crippen molar-refractivity contribution in [3.05, 3.63) is 40.8 Å². The third kappa shape index (κ3) is 3.39. The maximum atomic E-state index is 12.6. The van der Waals surface area contributed by atoms with Crippen molar-refractivity contribution in [2.45, 2.75) is 31.8 Å². The number of carbonyl (C=O) groups excluding carboxylic acids is 1. The number of ether oxygens (including phenoxy) is 1. The van der Waals surface area contributed by atoms with Gasteiger partial charge in [-0.1, -0.05) is 6.07 Å². The first-order chi connectivity index (χ1) is 10.8. The monoisotopic (exact) mass is 319 g/mol. The van der Waals surface area contributed by atoms with E-state index in [1.807, 2.05) is 25.3 Å². The summed E-state index contributed by atoms with van der Waals surface area (Å²) in [4.78, 5) is 13.8. The van der Waals surface area contributed by atoms with E-state index in [2.05, 4.69) is 21.9 Å². The van der Waals surface area contributed by atoms with E-state index in [0.717, 1.165) is 26.1 Å². The average molecular weight is 319 g/mol. The van der Waals surface area contributed by atoms with E-state index in [-0.39, 0.29) is 18.0 Å². The number of rotatable bonds is 5. The van der Waals surface area contributed by atoms with Gasteiger partial charge in [-0.05, 0) is 43.2 Å². The first-order valence-electron chi connectivity index (χ1n) is 7.66. The highest BCUT2D eigenvalue weighted by molar-refractivity contribution is 7.10. The maximum Gasteiger partial charge on any atom is 0.245 e. The van der Waals surface area contributed by atoms with Crippen molar-refractivity contribution in [2.24, 2.45) is 5.92 Å². The molecule has 1 N–H and O–H groups in total. The average Bonchev–Trinajstić information content (AvgIpc) is 3.25. The van der Waals surface area contributed by atoms with E-state index in [1.54, 1.807) is 22.2 Å². The third-order valence-electron chi connectivity index (χ3n) is 4.19. The van der Waals surface area contributed by atoms with Crippen molar-refractivity contribution in [3.63, 3.8) is 0 Å². The molecule has 22 heavy (non-hydrogen) atoms. The maximum absolute atomic E-state index is 12.6. The summed E-state index contributed by atoms with van der Waals surface area (Å²) < 4.78 is 7.14. The summed E-state index contributed by atoms with van der Waals surface area (Å²) in [5.41, 5.74) is 0. The van der Waals surface area contributed by atoms with Crippen LogP contribution in [0.2, 0.25) is 0 Å². The standard InChI is InChI=1S/C16H21N3O2S/c1-12(19-8-3-7-17-19)16(20)18-15(14-4-2-11-22-14)13-5-9-21-10-6-13/h2-4,7-8,11-13,15H,5-6,9-10H2,1H3,(H,18,20). The van der Waals surface area contributed by atoms with Crippen molar-refractivity contribution in [2.75, 3.05) is 13.2 Å². The minimum Gasteiger partial charge on any atom is -0.381 e. The van der Waals surface area contributed by atoms with Gasteiger partial charge in [0.15, 0.2) is 0 Å². The molecule has 3 rings (SSSR count). The molecule has 0 radical (unpaired) electrons. The molecule has 3 heterocycles. The molecule has 5 nitrogen and oxygen atoms in total. The van der Waals surface area contributed by atoms with Gasteiger partial charge in [-0.2, -0.15) is 5.10 Å². The van der Waals surface area contributed by atoms with Crippen LogP contribution in [0.5, 0.6) is 0 Å². The van der Waals surface area contributed by atoms with Crippen LogP contribution in [0.4, 0.5) is 0 Å². The number of nitrogens with one attached hydrogen (secondary N) is 1. The van der Waals surface area contributed by atoms with Gasteiger partial charge in [0.05, 0.1) is 6.04 Å². The van der Waals surface area contributed by atoms with Crippen molar-refractivity contribution >= 4 is 17.2 Å². The molecule has 2 aromatic rings. The molecule has 0 spiro atoms. The lowest BCUT2D eigenvalue weighted by Gasteiger charge is -2.31. The van der Waals surface area contributed by atoms with Crippen LogP contribution in [0, 0.1) is 5.92 Å². The second-order valence-electron chi connectivity index (χ2n) is 5.61. The molecule has 1 amide bonds. The van der Waals surface area contributed by atoms with Crippen molar-refractivity contribution < 1.29 is 9.53 Å². The number of hydrogen-bond acceptors (Lipinski definition) is 4. The van der Waals surface area contributed by atoms with Gasteiger partial charge in [0.2, 0.25) is 5.91 Å². The Balaban J connectivity index is 1.73. The van der Waals surface area contributed by atoms with Crippen LogP contribution in [0.25, 0.3) is 0 Å². The zero-order valence-corrected chi connectivity index (χ0v) is 13.5. The first kappa shape index (κ1) is 15.2. The van der Waals surface area contributed by atoms with Crippen molar-refractivity contribution in [1.29, 1.82) is 0 Å². The highest BCUT2D eigenvalue weighted by atomic mass is 32.1. The Morgan fingerprint density at radius 1 is 1.45 bits per heavy atom. The Bertz CT molecular complexity index is 577. The van der Waals surface area contributed by atoms with E-state index in [0.29, 0.717) is 5.92 Å². The largest absolute Gasteiger partial charge is 0.381 e. The Morgan fingerprint density at radius 2 is 2.27 bits per heavy atom. The van der Waals surface area contributed by atoms with E-state index in [1.165, 1.54) is 4.88 Å². The molecule has 1 aliphatic rings. The highest BCUT2D eigenvalue weighted by Gasteiger charge is 2.29.